The summed E-state index contributed by atoms with van der Waals surface area (Å²) in [6.07, 6.45) is 0.421. The van der Waals surface area contributed by atoms with Crippen LogP contribution >= 0.6 is 0 Å². The molecule has 3 aromatic carbocycles. The van der Waals surface area contributed by atoms with Gasteiger partial charge in [-0.1, -0.05) is 24.3 Å². The molecule has 1 fully saturated rings. The second-order valence-corrected chi connectivity index (χ2v) is 9.98. The number of benzene rings is 3. The number of nitrogens with one attached hydrogen (secondary N) is 1. The van der Waals surface area contributed by atoms with Crippen LogP contribution in [-0.4, -0.2) is 60.2 Å². The Kier molecular flexibility index (Phi) is 5.40. The van der Waals surface area contributed by atoms with E-state index in [0.29, 0.717) is 36.0 Å². The van der Waals surface area contributed by atoms with Crippen molar-refractivity contribution in [3.05, 3.63) is 83.0 Å². The van der Waals surface area contributed by atoms with Gasteiger partial charge in [-0.25, -0.2) is 0 Å². The minimum atomic E-state index is -0.659. The molecule has 0 spiro atoms. The Labute approximate surface area is 224 Å². The number of nitrogens with zero attached hydrogens (tertiary/aromatic N) is 2. The normalized spacial score (nSPS) is 19.7. The van der Waals surface area contributed by atoms with Crippen LogP contribution in [0.25, 0.3) is 10.9 Å². The van der Waals surface area contributed by atoms with E-state index in [0.717, 1.165) is 33.3 Å². The maximum Gasteiger partial charge on any atom is 0.246 e. The molecule has 4 heterocycles. The fourth-order valence-electron chi connectivity index (χ4n) is 6.09. The van der Waals surface area contributed by atoms with E-state index in [4.69, 9.17) is 18.9 Å². The Morgan fingerprint density at radius 2 is 1.82 bits per heavy atom. The summed E-state index contributed by atoms with van der Waals surface area (Å²) in [5, 5.41) is 1.05. The molecule has 3 aliphatic heterocycles. The van der Waals surface area contributed by atoms with E-state index in [1.54, 1.807) is 24.0 Å². The van der Waals surface area contributed by atoms with Gasteiger partial charge in [0.15, 0.2) is 11.5 Å². The van der Waals surface area contributed by atoms with Crippen molar-refractivity contribution in [3.8, 4) is 23.0 Å². The van der Waals surface area contributed by atoms with Crippen molar-refractivity contribution in [2.75, 3.05) is 27.6 Å². The fourth-order valence-corrected chi connectivity index (χ4v) is 6.09. The van der Waals surface area contributed by atoms with Crippen LogP contribution in [0.4, 0.5) is 0 Å². The Balaban J connectivity index is 1.33. The Morgan fingerprint density at radius 3 is 2.67 bits per heavy atom. The number of amides is 2. The van der Waals surface area contributed by atoms with Crippen LogP contribution in [0, 0.1) is 0 Å². The lowest BCUT2D eigenvalue weighted by Gasteiger charge is -2.47. The molecule has 9 nitrogen and oxygen atoms in total. The van der Waals surface area contributed by atoms with Crippen molar-refractivity contribution in [1.82, 2.24) is 14.8 Å². The van der Waals surface area contributed by atoms with E-state index >= 15 is 0 Å². The quantitative estimate of drug-likeness (QED) is 0.426. The monoisotopic (exact) mass is 525 g/mol. The second kappa shape index (κ2) is 8.97. The molecule has 0 radical (unpaired) electrons. The molecule has 0 saturated carbocycles. The molecule has 1 aromatic heterocycles. The molecular weight excluding hydrogens is 498 g/mol. The highest BCUT2D eigenvalue weighted by Gasteiger charge is 2.49. The lowest BCUT2D eigenvalue weighted by atomic mass is 9.85. The summed E-state index contributed by atoms with van der Waals surface area (Å²) in [6.45, 7) is 0.459. The number of para-hydroxylation sites is 1. The number of fused-ring (bicyclic) bond motifs is 5. The van der Waals surface area contributed by atoms with Gasteiger partial charge in [-0.3, -0.25) is 9.59 Å². The zero-order valence-corrected chi connectivity index (χ0v) is 21.6. The number of H-pyrrole nitrogens is 1. The summed E-state index contributed by atoms with van der Waals surface area (Å²) in [5.41, 5.74) is 4.53. The highest BCUT2D eigenvalue weighted by molar-refractivity contribution is 5.97. The zero-order valence-electron chi connectivity index (χ0n) is 21.6. The molecule has 1 unspecified atom stereocenters. The molecule has 3 aliphatic rings. The highest BCUT2D eigenvalue weighted by atomic mass is 16.7. The molecule has 9 heteroatoms. The number of aromatic amines is 1. The van der Waals surface area contributed by atoms with Gasteiger partial charge in [0, 0.05) is 35.1 Å². The number of methoxy groups -OCH3 is 2. The van der Waals surface area contributed by atoms with Crippen LogP contribution in [0.3, 0.4) is 0 Å². The maximum absolute atomic E-state index is 14.1. The molecule has 2 amide bonds. The van der Waals surface area contributed by atoms with Crippen LogP contribution in [0.5, 0.6) is 23.0 Å². The molecule has 2 atom stereocenters. The standard InChI is InChI=1S/C30H27N3O6/c1-36-18-8-10-24(37-2)21(12-18)29-28-20(19-5-3-4-6-22(19)31-28)13-23-30(35)32(15-27(34)33(23)29)14-17-7-9-25-26(11-17)39-16-38-25/h3-12,23,29,31H,13-16H2,1-2H3/t23-,29?/m0/s1. The van der Waals surface area contributed by atoms with E-state index < -0.39 is 12.1 Å². The van der Waals surface area contributed by atoms with Gasteiger partial charge in [0.1, 0.15) is 30.1 Å². The van der Waals surface area contributed by atoms with Crippen molar-refractivity contribution in [3.63, 3.8) is 0 Å². The van der Waals surface area contributed by atoms with Crippen LogP contribution in [-0.2, 0) is 22.6 Å². The predicted octanol–water partition coefficient (Wildman–Crippen LogP) is 3.80. The first-order chi connectivity index (χ1) is 19.1. The van der Waals surface area contributed by atoms with Crippen molar-refractivity contribution in [2.45, 2.75) is 25.0 Å². The van der Waals surface area contributed by atoms with E-state index in [1.807, 2.05) is 54.6 Å². The van der Waals surface area contributed by atoms with Crippen LogP contribution in [0.2, 0.25) is 0 Å². The summed E-state index contributed by atoms with van der Waals surface area (Å²) in [4.78, 5) is 34.9. The first kappa shape index (κ1) is 23.5. The van der Waals surface area contributed by atoms with Gasteiger partial charge in [-0.15, -0.1) is 0 Å². The smallest absolute Gasteiger partial charge is 0.246 e. The lowest BCUT2D eigenvalue weighted by Crippen LogP contribution is -2.62. The minimum absolute atomic E-state index is 0.0257. The number of rotatable bonds is 5. The van der Waals surface area contributed by atoms with Crippen molar-refractivity contribution < 1.29 is 28.5 Å². The molecule has 1 saturated heterocycles. The third-order valence-electron chi connectivity index (χ3n) is 7.88. The average Bonchev–Trinajstić information content (AvgIpc) is 3.58. The van der Waals surface area contributed by atoms with Gasteiger partial charge in [0.25, 0.3) is 0 Å². The van der Waals surface area contributed by atoms with Gasteiger partial charge in [-0.2, -0.15) is 0 Å². The maximum atomic E-state index is 14.1. The van der Waals surface area contributed by atoms with Gasteiger partial charge in [0.2, 0.25) is 18.6 Å². The number of aromatic nitrogens is 1. The topological polar surface area (TPSA) is 93.3 Å². The zero-order chi connectivity index (χ0) is 26.7. The number of ether oxygens (including phenoxy) is 4. The van der Waals surface area contributed by atoms with Crippen LogP contribution < -0.4 is 18.9 Å². The number of carbonyl (C=O) groups is 2. The number of hydrogen-bond acceptors (Lipinski definition) is 6. The van der Waals surface area contributed by atoms with E-state index in [1.165, 1.54) is 0 Å². The van der Waals surface area contributed by atoms with E-state index in [2.05, 4.69) is 11.1 Å². The summed E-state index contributed by atoms with van der Waals surface area (Å²) >= 11 is 0. The molecule has 1 N–H and O–H groups in total. The molecule has 198 valence electrons. The SMILES string of the molecule is COc1ccc(OC)c(C2c3[nH]c4ccccc4c3C[C@H]3C(=O)N(Cc4ccc5c(c4)OCO5)CC(=O)N23)c1. The van der Waals surface area contributed by atoms with E-state index in [9.17, 15) is 9.59 Å². The van der Waals surface area contributed by atoms with Gasteiger partial charge in [-0.05, 0) is 47.5 Å². The highest BCUT2D eigenvalue weighted by Crippen LogP contribution is 2.46. The second-order valence-electron chi connectivity index (χ2n) is 9.98. The lowest BCUT2D eigenvalue weighted by molar-refractivity contribution is -0.159. The average molecular weight is 526 g/mol. The predicted molar refractivity (Wildman–Crippen MR) is 142 cm³/mol. The summed E-state index contributed by atoms with van der Waals surface area (Å²) in [6, 6.07) is 18.0. The van der Waals surface area contributed by atoms with Crippen molar-refractivity contribution in [2.24, 2.45) is 0 Å². The summed E-state index contributed by atoms with van der Waals surface area (Å²) < 4.78 is 22.2. The van der Waals surface area contributed by atoms with Crippen LogP contribution in [0.1, 0.15) is 28.4 Å². The Hall–Kier alpha value is -4.66. The fraction of sp³-hybridized carbons (Fsp3) is 0.267. The first-order valence-corrected chi connectivity index (χ1v) is 12.9. The van der Waals surface area contributed by atoms with Crippen LogP contribution in [0.15, 0.2) is 60.7 Å². The van der Waals surface area contributed by atoms with Crippen molar-refractivity contribution in [1.29, 1.82) is 0 Å². The third kappa shape index (κ3) is 3.68. The summed E-state index contributed by atoms with van der Waals surface area (Å²) in [7, 11) is 3.21. The number of hydrogen-bond donors (Lipinski definition) is 1. The molecule has 39 heavy (non-hydrogen) atoms. The summed E-state index contributed by atoms with van der Waals surface area (Å²) in [5.74, 6) is 2.38. The van der Waals surface area contributed by atoms with E-state index in [-0.39, 0.29) is 25.2 Å². The Morgan fingerprint density at radius 1 is 0.974 bits per heavy atom. The third-order valence-corrected chi connectivity index (χ3v) is 7.88. The molecule has 0 aliphatic carbocycles. The molecule has 7 rings (SSSR count). The largest absolute Gasteiger partial charge is 0.497 e. The molecular formula is C30H27N3O6. The van der Waals surface area contributed by atoms with Crippen molar-refractivity contribution >= 4 is 22.7 Å². The Bertz CT molecular complexity index is 1630. The molecule has 4 aromatic rings. The first-order valence-electron chi connectivity index (χ1n) is 12.9. The number of piperazine rings is 1. The minimum Gasteiger partial charge on any atom is -0.497 e. The van der Waals surface area contributed by atoms with Gasteiger partial charge in [0.05, 0.1) is 14.2 Å². The van der Waals surface area contributed by atoms with Gasteiger partial charge < -0.3 is 33.7 Å². The number of carbonyl (C=O) groups excluding carboxylic acids is 2. The van der Waals surface area contributed by atoms with Gasteiger partial charge >= 0.3 is 0 Å². The molecule has 0 bridgehead atoms.